The van der Waals surface area contributed by atoms with Gasteiger partial charge in [-0.1, -0.05) is 6.92 Å². The summed E-state index contributed by atoms with van der Waals surface area (Å²) in [4.78, 5) is 34.8. The van der Waals surface area contributed by atoms with Crippen molar-refractivity contribution >= 4 is 17.8 Å². The number of rotatable bonds is 7. The fourth-order valence-corrected chi connectivity index (χ4v) is 2.13. The predicted molar refractivity (Wildman–Crippen MR) is 70.5 cm³/mol. The first-order valence-corrected chi connectivity index (χ1v) is 6.82. The lowest BCUT2D eigenvalue weighted by atomic mass is 9.97. The van der Waals surface area contributed by atoms with Crippen LogP contribution in [0.5, 0.6) is 0 Å². The summed E-state index contributed by atoms with van der Waals surface area (Å²) in [5, 5.41) is 2.56. The van der Waals surface area contributed by atoms with Gasteiger partial charge in [0.15, 0.2) is 0 Å². The Hall–Kier alpha value is -1.63. The van der Waals surface area contributed by atoms with E-state index in [0.717, 1.165) is 6.42 Å². The zero-order valence-electron chi connectivity index (χ0n) is 11.9. The summed E-state index contributed by atoms with van der Waals surface area (Å²) in [5.74, 6) is -1.88. The molecule has 0 aromatic rings. The number of hydrogen-bond donors (Lipinski definition) is 2. The number of hydrogen-bond acceptors (Lipinski definition) is 5. The maximum absolute atomic E-state index is 11.9. The van der Waals surface area contributed by atoms with E-state index in [-0.39, 0.29) is 18.9 Å². The molecule has 0 radical (unpaired) electrons. The first kappa shape index (κ1) is 16.4. The summed E-state index contributed by atoms with van der Waals surface area (Å²) in [5.41, 5.74) is 5.29. The van der Waals surface area contributed by atoms with Crippen LogP contribution >= 0.6 is 0 Å². The first-order valence-electron chi connectivity index (χ1n) is 6.82. The molecule has 0 aliphatic carbocycles. The van der Waals surface area contributed by atoms with E-state index in [2.05, 4.69) is 5.32 Å². The summed E-state index contributed by atoms with van der Waals surface area (Å²) in [6.45, 7) is 4.18. The molecule has 0 unspecified atom stereocenters. The number of carbonyl (C=O) groups is 3. The highest BCUT2D eigenvalue weighted by atomic mass is 16.5. The maximum Gasteiger partial charge on any atom is 0.306 e. The summed E-state index contributed by atoms with van der Waals surface area (Å²) in [7, 11) is 0. The minimum absolute atomic E-state index is 0.0211. The molecule has 1 fully saturated rings. The van der Waals surface area contributed by atoms with Crippen LogP contribution in [0.1, 0.15) is 33.1 Å². The summed E-state index contributed by atoms with van der Waals surface area (Å²) >= 11 is 0. The zero-order valence-corrected chi connectivity index (χ0v) is 11.9. The molecule has 0 saturated carbocycles. The molecule has 0 aromatic carbocycles. The van der Waals surface area contributed by atoms with E-state index < -0.39 is 29.9 Å². The third-order valence-electron chi connectivity index (χ3n) is 3.19. The van der Waals surface area contributed by atoms with Crippen LogP contribution in [0, 0.1) is 5.92 Å². The van der Waals surface area contributed by atoms with Gasteiger partial charge in [0.05, 0.1) is 13.0 Å². The smallest absolute Gasteiger partial charge is 0.306 e. The lowest BCUT2D eigenvalue weighted by Gasteiger charge is -2.23. The van der Waals surface area contributed by atoms with Crippen LogP contribution in [0.4, 0.5) is 0 Å². The minimum atomic E-state index is -0.906. The molecule has 7 heteroatoms. The Balaban J connectivity index is 2.56. The lowest BCUT2D eigenvalue weighted by molar-refractivity contribution is -0.145. The number of nitrogens with one attached hydrogen (secondary N) is 1. The highest BCUT2D eigenvalue weighted by Gasteiger charge is 2.31. The first-order chi connectivity index (χ1) is 9.45. The minimum Gasteiger partial charge on any atom is -0.466 e. The second kappa shape index (κ2) is 7.84. The van der Waals surface area contributed by atoms with Crippen LogP contribution in [0.15, 0.2) is 0 Å². The van der Waals surface area contributed by atoms with E-state index in [1.54, 1.807) is 13.8 Å². The maximum atomic E-state index is 11.9. The molecule has 3 N–H and O–H groups in total. The van der Waals surface area contributed by atoms with Gasteiger partial charge in [-0.05, 0) is 25.7 Å². The van der Waals surface area contributed by atoms with E-state index in [0.29, 0.717) is 13.0 Å². The Kier molecular flexibility index (Phi) is 6.44. The van der Waals surface area contributed by atoms with E-state index in [1.165, 1.54) is 0 Å². The van der Waals surface area contributed by atoms with Gasteiger partial charge in [-0.3, -0.25) is 14.4 Å². The molecule has 3 atom stereocenters. The predicted octanol–water partition coefficient (Wildman–Crippen LogP) is -0.275. The fourth-order valence-electron chi connectivity index (χ4n) is 2.13. The summed E-state index contributed by atoms with van der Waals surface area (Å²) in [6.07, 6.45) is 0.931. The molecular weight excluding hydrogens is 264 g/mol. The van der Waals surface area contributed by atoms with Gasteiger partial charge < -0.3 is 20.5 Å². The van der Waals surface area contributed by atoms with Crippen LogP contribution in [-0.4, -0.2) is 43.1 Å². The molecule has 114 valence electrons. The van der Waals surface area contributed by atoms with Crippen molar-refractivity contribution in [2.75, 3.05) is 13.2 Å². The van der Waals surface area contributed by atoms with Crippen molar-refractivity contribution in [1.82, 2.24) is 5.32 Å². The Morgan fingerprint density at radius 2 is 2.15 bits per heavy atom. The van der Waals surface area contributed by atoms with E-state index >= 15 is 0 Å². The average molecular weight is 286 g/mol. The Morgan fingerprint density at radius 3 is 2.65 bits per heavy atom. The lowest BCUT2D eigenvalue weighted by Crippen LogP contribution is -2.51. The van der Waals surface area contributed by atoms with Crippen molar-refractivity contribution in [1.29, 1.82) is 0 Å². The second-order valence-electron chi connectivity index (χ2n) is 4.88. The largest absolute Gasteiger partial charge is 0.466 e. The van der Waals surface area contributed by atoms with Gasteiger partial charge in [-0.25, -0.2) is 0 Å². The molecule has 0 aromatic heterocycles. The number of esters is 1. The van der Waals surface area contributed by atoms with Gasteiger partial charge >= 0.3 is 5.97 Å². The molecule has 1 saturated heterocycles. The zero-order chi connectivity index (χ0) is 15.1. The van der Waals surface area contributed by atoms with Crippen LogP contribution in [-0.2, 0) is 23.9 Å². The van der Waals surface area contributed by atoms with Gasteiger partial charge in [0.25, 0.3) is 0 Å². The van der Waals surface area contributed by atoms with Crippen molar-refractivity contribution in [2.45, 2.75) is 45.3 Å². The average Bonchev–Trinajstić information content (AvgIpc) is 2.89. The fraction of sp³-hybridized carbons (Fsp3) is 0.769. The molecule has 1 rings (SSSR count). The number of nitrogens with two attached hydrogens (primary N) is 1. The van der Waals surface area contributed by atoms with E-state index in [4.69, 9.17) is 15.2 Å². The van der Waals surface area contributed by atoms with Crippen LogP contribution in [0.2, 0.25) is 0 Å². The molecule has 7 nitrogen and oxygen atoms in total. The van der Waals surface area contributed by atoms with Gasteiger partial charge in [0.1, 0.15) is 12.1 Å². The topological polar surface area (TPSA) is 108 Å². The number of ether oxygens (including phenoxy) is 2. The molecule has 0 bridgehead atoms. The van der Waals surface area contributed by atoms with Crippen molar-refractivity contribution < 1.29 is 23.9 Å². The van der Waals surface area contributed by atoms with Crippen molar-refractivity contribution in [3.8, 4) is 0 Å². The molecule has 0 spiro atoms. The van der Waals surface area contributed by atoms with Gasteiger partial charge in [-0.2, -0.15) is 0 Å². The third kappa shape index (κ3) is 4.80. The quantitative estimate of drug-likeness (QED) is 0.626. The highest BCUT2D eigenvalue weighted by Crippen LogP contribution is 2.14. The molecule has 1 aliphatic heterocycles. The molecule has 20 heavy (non-hydrogen) atoms. The van der Waals surface area contributed by atoms with Crippen LogP contribution in [0.3, 0.4) is 0 Å². The normalized spacial score (nSPS) is 21.0. The molecule has 2 amide bonds. The van der Waals surface area contributed by atoms with Gasteiger partial charge in [-0.15, -0.1) is 0 Å². The third-order valence-corrected chi connectivity index (χ3v) is 3.19. The number of carbonyl (C=O) groups excluding carboxylic acids is 3. The van der Waals surface area contributed by atoms with Gasteiger partial charge in [0.2, 0.25) is 11.8 Å². The Labute approximate surface area is 118 Å². The Bertz CT molecular complexity index is 366. The van der Waals surface area contributed by atoms with Crippen molar-refractivity contribution in [3.05, 3.63) is 0 Å². The monoisotopic (exact) mass is 286 g/mol. The van der Waals surface area contributed by atoms with Crippen molar-refractivity contribution in [2.24, 2.45) is 11.7 Å². The van der Waals surface area contributed by atoms with Crippen LogP contribution in [0.25, 0.3) is 0 Å². The molecule has 1 heterocycles. The summed E-state index contributed by atoms with van der Waals surface area (Å²) < 4.78 is 10.1. The molecule has 1 aliphatic rings. The number of amides is 2. The van der Waals surface area contributed by atoms with E-state index in [1.807, 2.05) is 0 Å². The van der Waals surface area contributed by atoms with Gasteiger partial charge in [0, 0.05) is 6.61 Å². The van der Waals surface area contributed by atoms with Crippen molar-refractivity contribution in [3.63, 3.8) is 0 Å². The van der Waals surface area contributed by atoms with Crippen LogP contribution < -0.4 is 11.1 Å². The second-order valence-corrected chi connectivity index (χ2v) is 4.88. The SMILES string of the molecule is CCOC(=O)C[C@H](C)[C@H](NC(=O)[C@@H]1CCCO1)C(N)=O. The standard InChI is InChI=1S/C13H22N2O5/c1-3-19-10(16)7-8(2)11(12(14)17)15-13(18)9-5-4-6-20-9/h8-9,11H,3-7H2,1-2H3,(H2,14,17)(H,15,18)/t8-,9-,11-/m0/s1. The number of primary amides is 1. The van der Waals surface area contributed by atoms with E-state index in [9.17, 15) is 14.4 Å². The Morgan fingerprint density at radius 1 is 1.45 bits per heavy atom. The summed E-state index contributed by atoms with van der Waals surface area (Å²) in [6, 6.07) is -0.906. The highest BCUT2D eigenvalue weighted by molar-refractivity contribution is 5.89. The molecular formula is C13H22N2O5.